The third-order valence-electron chi connectivity index (χ3n) is 1.32. The lowest BCUT2D eigenvalue weighted by Gasteiger charge is -2.23. The topological polar surface area (TPSA) is 68.2 Å². The van der Waals surface area contributed by atoms with Crippen LogP contribution in [0.2, 0.25) is 0 Å². The van der Waals surface area contributed by atoms with Gasteiger partial charge in [-0.3, -0.25) is 0 Å². The molecule has 0 unspecified atom stereocenters. The van der Waals surface area contributed by atoms with Gasteiger partial charge < -0.3 is 23.5 Å². The quantitative estimate of drug-likeness (QED) is 0.517. The fourth-order valence-corrected chi connectivity index (χ4v) is 2.21. The van der Waals surface area contributed by atoms with E-state index >= 15 is 0 Å². The van der Waals surface area contributed by atoms with Gasteiger partial charge in [-0.1, -0.05) is 6.58 Å². The monoisotopic (exact) mass is 208 g/mol. The summed E-state index contributed by atoms with van der Waals surface area (Å²) in [5.41, 5.74) is 1.46. The maximum atomic E-state index is 8.55. The molecule has 0 rings (SSSR count). The van der Waals surface area contributed by atoms with Crippen LogP contribution >= 0.6 is 0 Å². The van der Waals surface area contributed by atoms with E-state index in [4.69, 9.17) is 23.5 Å². The van der Waals surface area contributed by atoms with Crippen molar-refractivity contribution in [1.82, 2.24) is 0 Å². The molecular weight excluding hydrogens is 192 g/mol. The predicted octanol–water partition coefficient (Wildman–Crippen LogP) is -0.685. The van der Waals surface area contributed by atoms with Gasteiger partial charge in [-0.15, -0.1) is 0 Å². The highest BCUT2D eigenvalue weighted by Crippen LogP contribution is 2.08. The third-order valence-corrected chi connectivity index (χ3v) is 3.61. The fourth-order valence-electron chi connectivity index (χ4n) is 0.737. The summed E-state index contributed by atoms with van der Waals surface area (Å²) in [4.78, 5) is 0. The summed E-state index contributed by atoms with van der Waals surface area (Å²) in [5, 5.41) is 17.1. The summed E-state index contributed by atoms with van der Waals surface area (Å²) < 4.78 is 15.4. The van der Waals surface area contributed by atoms with E-state index < -0.39 is 8.80 Å². The van der Waals surface area contributed by atoms with Crippen LogP contribution in [0.4, 0.5) is 0 Å². The van der Waals surface area contributed by atoms with Gasteiger partial charge in [0.2, 0.25) is 0 Å². The van der Waals surface area contributed by atoms with E-state index in [2.05, 4.69) is 6.58 Å². The highest BCUT2D eigenvalue weighted by Gasteiger charge is 2.36. The summed E-state index contributed by atoms with van der Waals surface area (Å²) in [7, 11) is -1.39. The molecule has 0 saturated heterocycles. The van der Waals surface area contributed by atoms with Crippen LogP contribution in [0.25, 0.3) is 0 Å². The molecule has 13 heavy (non-hydrogen) atoms. The van der Waals surface area contributed by atoms with Gasteiger partial charge in [-0.2, -0.15) is 0 Å². The van der Waals surface area contributed by atoms with Crippen LogP contribution in [0.15, 0.2) is 12.3 Å². The molecular formula is C7H16O5Si. The minimum Gasteiger partial charge on any atom is -0.394 e. The first kappa shape index (κ1) is 12.8. The first-order valence-electron chi connectivity index (χ1n) is 3.93. The average molecular weight is 208 g/mol. The molecule has 0 aliphatic carbocycles. The molecule has 0 spiro atoms. The Labute approximate surface area is 78.9 Å². The molecule has 0 atom stereocenters. The van der Waals surface area contributed by atoms with Gasteiger partial charge in [0, 0.05) is 7.11 Å². The van der Waals surface area contributed by atoms with E-state index in [0.29, 0.717) is 0 Å². The minimum absolute atomic E-state index is 0.103. The van der Waals surface area contributed by atoms with Crippen LogP contribution in [-0.4, -0.2) is 52.6 Å². The van der Waals surface area contributed by atoms with Crippen molar-refractivity contribution in [1.29, 1.82) is 0 Å². The number of aliphatic hydroxyl groups is 2. The smallest absolute Gasteiger partial charge is 0.394 e. The Morgan fingerprint density at radius 1 is 1.23 bits per heavy atom. The summed E-state index contributed by atoms with van der Waals surface area (Å²) in [5.74, 6) is 0. The Hall–Kier alpha value is -0.243. The Bertz CT molecular complexity index is 133. The van der Waals surface area contributed by atoms with Crippen LogP contribution in [-0.2, 0) is 13.3 Å². The molecule has 2 N–H and O–H groups in total. The largest absolute Gasteiger partial charge is 0.528 e. The second-order valence-corrected chi connectivity index (χ2v) is 4.76. The van der Waals surface area contributed by atoms with E-state index in [1.807, 2.05) is 0 Å². The van der Waals surface area contributed by atoms with Crippen LogP contribution < -0.4 is 0 Å². The number of aliphatic hydroxyl groups excluding tert-OH is 2. The second-order valence-electron chi connectivity index (χ2n) is 2.16. The molecule has 0 aliphatic rings. The highest BCUT2D eigenvalue weighted by molar-refractivity contribution is 6.66. The SMILES string of the molecule is C=C[Si](OC)(OCCO)OCCO. The molecule has 78 valence electrons. The van der Waals surface area contributed by atoms with Crippen LogP contribution in [0.5, 0.6) is 0 Å². The van der Waals surface area contributed by atoms with Gasteiger partial charge in [0.25, 0.3) is 0 Å². The molecule has 0 saturated carbocycles. The van der Waals surface area contributed by atoms with E-state index in [9.17, 15) is 0 Å². The van der Waals surface area contributed by atoms with Gasteiger partial charge in [-0.25, -0.2) is 0 Å². The molecule has 0 aromatic carbocycles. The van der Waals surface area contributed by atoms with Gasteiger partial charge in [0.1, 0.15) is 0 Å². The van der Waals surface area contributed by atoms with Crippen LogP contribution in [0, 0.1) is 0 Å². The minimum atomic E-state index is -2.84. The lowest BCUT2D eigenvalue weighted by molar-refractivity contribution is 0.0606. The van der Waals surface area contributed by atoms with Gasteiger partial charge in [0.15, 0.2) is 0 Å². The van der Waals surface area contributed by atoms with Crippen molar-refractivity contribution < 1.29 is 23.5 Å². The first-order chi connectivity index (χ1) is 6.24. The van der Waals surface area contributed by atoms with E-state index in [1.54, 1.807) is 0 Å². The Morgan fingerprint density at radius 2 is 1.69 bits per heavy atom. The lowest BCUT2D eigenvalue weighted by atomic mass is 10.8. The first-order valence-corrected chi connectivity index (χ1v) is 5.73. The van der Waals surface area contributed by atoms with Gasteiger partial charge in [-0.05, 0) is 5.70 Å². The molecule has 0 amide bonds. The Kier molecular flexibility index (Phi) is 7.05. The standard InChI is InChI=1S/C7H16O5Si/c1-3-13(10-2,11-6-4-8)12-7-5-9/h3,8-9H,1,4-7H2,2H3. The molecule has 0 aliphatic heterocycles. The Balaban J connectivity index is 4.04. The zero-order chi connectivity index (χ0) is 10.2. The third kappa shape index (κ3) is 4.51. The van der Waals surface area contributed by atoms with Gasteiger partial charge in [0.05, 0.1) is 26.4 Å². The Morgan fingerprint density at radius 3 is 1.92 bits per heavy atom. The van der Waals surface area contributed by atoms with Crippen molar-refractivity contribution in [3.05, 3.63) is 12.3 Å². The summed E-state index contributed by atoms with van der Waals surface area (Å²) >= 11 is 0. The van der Waals surface area contributed by atoms with E-state index in [1.165, 1.54) is 12.8 Å². The number of hydrogen-bond donors (Lipinski definition) is 2. The van der Waals surface area contributed by atoms with E-state index in [0.717, 1.165) is 0 Å². The highest BCUT2D eigenvalue weighted by atomic mass is 28.4. The van der Waals surface area contributed by atoms with Crippen LogP contribution in [0.1, 0.15) is 0 Å². The summed E-state index contributed by atoms with van der Waals surface area (Å²) in [6.07, 6.45) is 0. The molecule has 0 aromatic heterocycles. The number of rotatable bonds is 8. The predicted molar refractivity (Wildman–Crippen MR) is 49.0 cm³/mol. The molecule has 5 nitrogen and oxygen atoms in total. The van der Waals surface area contributed by atoms with Crippen molar-refractivity contribution in [3.63, 3.8) is 0 Å². The average Bonchev–Trinajstić information content (AvgIpc) is 2.20. The number of hydrogen-bond acceptors (Lipinski definition) is 5. The fraction of sp³-hybridized carbons (Fsp3) is 0.714. The van der Waals surface area contributed by atoms with Crippen molar-refractivity contribution in [3.8, 4) is 0 Å². The van der Waals surface area contributed by atoms with Crippen molar-refractivity contribution in [2.45, 2.75) is 0 Å². The second kappa shape index (κ2) is 7.19. The summed E-state index contributed by atoms with van der Waals surface area (Å²) in [6.45, 7) is 3.60. The van der Waals surface area contributed by atoms with Crippen molar-refractivity contribution in [2.75, 3.05) is 33.5 Å². The van der Waals surface area contributed by atoms with Crippen molar-refractivity contribution >= 4 is 8.80 Å². The molecule has 0 radical (unpaired) electrons. The molecule has 0 bridgehead atoms. The maximum absolute atomic E-state index is 8.55. The molecule has 6 heteroatoms. The summed E-state index contributed by atoms with van der Waals surface area (Å²) in [6, 6.07) is 0. The van der Waals surface area contributed by atoms with E-state index in [-0.39, 0.29) is 26.4 Å². The molecule has 0 aromatic rings. The lowest BCUT2D eigenvalue weighted by Crippen LogP contribution is -2.44. The zero-order valence-electron chi connectivity index (χ0n) is 7.73. The normalized spacial score (nSPS) is 11.6. The van der Waals surface area contributed by atoms with Crippen molar-refractivity contribution in [2.24, 2.45) is 0 Å². The maximum Gasteiger partial charge on any atom is 0.528 e. The van der Waals surface area contributed by atoms with Gasteiger partial charge >= 0.3 is 8.80 Å². The van der Waals surface area contributed by atoms with Crippen LogP contribution in [0.3, 0.4) is 0 Å². The molecule has 0 fully saturated rings. The zero-order valence-corrected chi connectivity index (χ0v) is 8.73. The molecule has 0 heterocycles.